The number of hydrogen-bond acceptors (Lipinski definition) is 5. The van der Waals surface area contributed by atoms with Crippen molar-refractivity contribution in [3.63, 3.8) is 0 Å². The van der Waals surface area contributed by atoms with Crippen molar-refractivity contribution in [1.82, 2.24) is 14.5 Å². The molecule has 110 valence electrons. The Morgan fingerprint density at radius 2 is 2.10 bits per heavy atom. The molecule has 1 aromatic rings. The van der Waals surface area contributed by atoms with Gasteiger partial charge in [0.2, 0.25) is 0 Å². The summed E-state index contributed by atoms with van der Waals surface area (Å²) in [7, 11) is 1.74. The van der Waals surface area contributed by atoms with Gasteiger partial charge in [-0.15, -0.1) is 0 Å². The third kappa shape index (κ3) is 2.99. The zero-order valence-electron chi connectivity index (χ0n) is 12.0. The summed E-state index contributed by atoms with van der Waals surface area (Å²) < 4.78 is 1.55. The number of aryl methyl sites for hydroxylation is 1. The van der Waals surface area contributed by atoms with E-state index in [0.717, 1.165) is 32.6 Å². The van der Waals surface area contributed by atoms with Gasteiger partial charge < -0.3 is 15.2 Å². The molecule has 1 fully saturated rings. The van der Waals surface area contributed by atoms with E-state index in [-0.39, 0.29) is 11.6 Å². The Morgan fingerprint density at radius 3 is 2.65 bits per heavy atom. The Kier molecular flexibility index (Phi) is 4.72. The van der Waals surface area contributed by atoms with Crippen molar-refractivity contribution in [1.29, 1.82) is 0 Å². The topological polar surface area (TPSA) is 67.4 Å². The summed E-state index contributed by atoms with van der Waals surface area (Å²) >= 11 is 5.11. The van der Waals surface area contributed by atoms with E-state index in [9.17, 15) is 4.79 Å². The summed E-state index contributed by atoms with van der Waals surface area (Å²) in [4.78, 5) is 21.1. The Bertz CT molecular complexity index is 536. The Balaban J connectivity index is 2.06. The lowest BCUT2D eigenvalue weighted by molar-refractivity contribution is 0.223. The van der Waals surface area contributed by atoms with Crippen LogP contribution >= 0.6 is 12.2 Å². The predicted molar refractivity (Wildman–Crippen MR) is 84.1 cm³/mol. The van der Waals surface area contributed by atoms with Crippen LogP contribution in [-0.2, 0) is 7.05 Å². The van der Waals surface area contributed by atoms with Crippen molar-refractivity contribution in [2.24, 2.45) is 12.8 Å². The first kappa shape index (κ1) is 14.9. The second kappa shape index (κ2) is 6.32. The highest BCUT2D eigenvalue weighted by Crippen LogP contribution is 2.13. The normalized spacial score (nSPS) is 18.0. The Labute approximate surface area is 124 Å². The van der Waals surface area contributed by atoms with Gasteiger partial charge in [-0.05, 0) is 6.42 Å². The maximum atomic E-state index is 12.1. The second-order valence-corrected chi connectivity index (χ2v) is 5.49. The molecule has 6 nitrogen and oxygen atoms in total. The van der Waals surface area contributed by atoms with Gasteiger partial charge >= 0.3 is 0 Å². The standard InChI is InChI=1S/C13H21N5OS/c1-3-10(11(14)20)17-6-8-18(9-7-17)12-13(19)16(2)5-4-15-12/h4-5,10H,3,6-9H2,1-2H3,(H2,14,20). The van der Waals surface area contributed by atoms with Gasteiger partial charge in [0.1, 0.15) is 0 Å². The molecule has 0 amide bonds. The molecule has 7 heteroatoms. The summed E-state index contributed by atoms with van der Waals surface area (Å²) in [6.45, 7) is 5.31. The zero-order valence-corrected chi connectivity index (χ0v) is 12.8. The van der Waals surface area contributed by atoms with Gasteiger partial charge in [0, 0.05) is 45.6 Å². The largest absolute Gasteiger partial charge is 0.392 e. The highest BCUT2D eigenvalue weighted by molar-refractivity contribution is 7.80. The van der Waals surface area contributed by atoms with Crippen molar-refractivity contribution >= 4 is 23.0 Å². The monoisotopic (exact) mass is 295 g/mol. The van der Waals surface area contributed by atoms with Crippen LogP contribution in [0.1, 0.15) is 13.3 Å². The Hall–Kier alpha value is -1.47. The third-order valence-corrected chi connectivity index (χ3v) is 4.04. The molecule has 1 atom stereocenters. The summed E-state index contributed by atoms with van der Waals surface area (Å²) in [5.41, 5.74) is 5.72. The molecule has 0 spiro atoms. The minimum absolute atomic E-state index is 0.0534. The van der Waals surface area contributed by atoms with Crippen LogP contribution < -0.4 is 16.2 Å². The van der Waals surface area contributed by atoms with Crippen LogP contribution in [0.25, 0.3) is 0 Å². The SMILES string of the molecule is CCC(C(N)=S)N1CCN(c2nccn(C)c2=O)CC1. The van der Waals surface area contributed by atoms with E-state index in [0.29, 0.717) is 10.8 Å². The lowest BCUT2D eigenvalue weighted by Gasteiger charge is -2.38. The van der Waals surface area contributed by atoms with Crippen LogP contribution in [0.2, 0.25) is 0 Å². The quantitative estimate of drug-likeness (QED) is 0.787. The number of rotatable bonds is 4. The first-order chi connectivity index (χ1) is 9.54. The van der Waals surface area contributed by atoms with Crippen LogP contribution in [0.5, 0.6) is 0 Å². The van der Waals surface area contributed by atoms with E-state index >= 15 is 0 Å². The van der Waals surface area contributed by atoms with Crippen LogP contribution in [0, 0.1) is 0 Å². The highest BCUT2D eigenvalue weighted by atomic mass is 32.1. The summed E-state index contributed by atoms with van der Waals surface area (Å²) in [6, 6.07) is 0.152. The first-order valence-electron chi connectivity index (χ1n) is 6.84. The minimum atomic E-state index is -0.0534. The fraction of sp³-hybridized carbons (Fsp3) is 0.615. The van der Waals surface area contributed by atoms with Crippen LogP contribution in [0.15, 0.2) is 17.2 Å². The molecule has 2 rings (SSSR count). The molecule has 0 aliphatic carbocycles. The van der Waals surface area contributed by atoms with Crippen LogP contribution in [0.4, 0.5) is 5.82 Å². The molecular weight excluding hydrogens is 274 g/mol. The van der Waals surface area contributed by atoms with E-state index in [1.54, 1.807) is 24.0 Å². The van der Waals surface area contributed by atoms with Crippen LogP contribution in [-0.4, -0.2) is 51.7 Å². The highest BCUT2D eigenvalue weighted by Gasteiger charge is 2.25. The molecule has 1 aromatic heterocycles. The molecule has 1 aliphatic rings. The molecule has 0 aromatic carbocycles. The maximum absolute atomic E-state index is 12.1. The lowest BCUT2D eigenvalue weighted by atomic mass is 10.1. The zero-order chi connectivity index (χ0) is 14.7. The number of nitrogens with zero attached hydrogens (tertiary/aromatic N) is 4. The molecule has 1 unspecified atom stereocenters. The van der Waals surface area contributed by atoms with E-state index in [1.165, 1.54) is 0 Å². The smallest absolute Gasteiger partial charge is 0.293 e. The molecule has 20 heavy (non-hydrogen) atoms. The molecular formula is C13H21N5OS. The van der Waals surface area contributed by atoms with Crippen molar-refractivity contribution < 1.29 is 0 Å². The molecule has 2 N–H and O–H groups in total. The lowest BCUT2D eigenvalue weighted by Crippen LogP contribution is -2.54. The molecule has 0 bridgehead atoms. The average molecular weight is 295 g/mol. The van der Waals surface area contributed by atoms with Crippen molar-refractivity contribution in [2.45, 2.75) is 19.4 Å². The van der Waals surface area contributed by atoms with Gasteiger partial charge in [-0.1, -0.05) is 19.1 Å². The van der Waals surface area contributed by atoms with Gasteiger partial charge in [0.15, 0.2) is 5.82 Å². The van der Waals surface area contributed by atoms with Gasteiger partial charge in [-0.3, -0.25) is 9.69 Å². The molecule has 2 heterocycles. The average Bonchev–Trinajstić information content (AvgIpc) is 2.43. The van der Waals surface area contributed by atoms with E-state index in [4.69, 9.17) is 18.0 Å². The van der Waals surface area contributed by atoms with Gasteiger partial charge in [0.25, 0.3) is 5.56 Å². The van der Waals surface area contributed by atoms with Crippen molar-refractivity contribution in [3.8, 4) is 0 Å². The van der Waals surface area contributed by atoms with E-state index < -0.39 is 0 Å². The number of thiocarbonyl (C=S) groups is 1. The molecule has 0 saturated carbocycles. The fourth-order valence-electron chi connectivity index (χ4n) is 2.59. The van der Waals surface area contributed by atoms with Gasteiger partial charge in [-0.2, -0.15) is 0 Å². The van der Waals surface area contributed by atoms with E-state index in [2.05, 4.69) is 16.8 Å². The summed E-state index contributed by atoms with van der Waals surface area (Å²) in [5.74, 6) is 0.526. The predicted octanol–water partition coefficient (Wildman–Crippen LogP) is -0.0330. The minimum Gasteiger partial charge on any atom is -0.392 e. The van der Waals surface area contributed by atoms with Gasteiger partial charge in [-0.25, -0.2) is 4.98 Å². The number of aromatic nitrogens is 2. The second-order valence-electron chi connectivity index (χ2n) is 5.02. The van der Waals surface area contributed by atoms with Crippen molar-refractivity contribution in [3.05, 3.63) is 22.7 Å². The van der Waals surface area contributed by atoms with Gasteiger partial charge in [0.05, 0.1) is 11.0 Å². The first-order valence-corrected chi connectivity index (χ1v) is 7.25. The number of nitrogens with two attached hydrogens (primary N) is 1. The molecule has 1 saturated heterocycles. The Morgan fingerprint density at radius 1 is 1.45 bits per heavy atom. The number of anilines is 1. The van der Waals surface area contributed by atoms with Crippen molar-refractivity contribution in [2.75, 3.05) is 31.1 Å². The van der Waals surface area contributed by atoms with E-state index in [1.807, 2.05) is 4.90 Å². The maximum Gasteiger partial charge on any atom is 0.293 e. The summed E-state index contributed by atoms with van der Waals surface area (Å²) in [6.07, 6.45) is 4.25. The molecule has 0 radical (unpaired) electrons. The summed E-state index contributed by atoms with van der Waals surface area (Å²) in [5, 5.41) is 0. The fourth-order valence-corrected chi connectivity index (χ4v) is 2.90. The molecule has 1 aliphatic heterocycles. The van der Waals surface area contributed by atoms with Crippen LogP contribution in [0.3, 0.4) is 0 Å². The third-order valence-electron chi connectivity index (χ3n) is 3.77. The number of hydrogen-bond donors (Lipinski definition) is 1. The number of piperazine rings is 1.